The number of carbonyl (C=O) groups is 1. The van der Waals surface area contributed by atoms with Crippen LogP contribution in [0.1, 0.15) is 0 Å². The maximum Gasteiger partial charge on any atom is 0.327 e. The van der Waals surface area contributed by atoms with Crippen molar-refractivity contribution in [3.05, 3.63) is 33.0 Å². The summed E-state index contributed by atoms with van der Waals surface area (Å²) in [6, 6.07) is 5.33. The number of hydrogen-bond acceptors (Lipinski definition) is 4. The summed E-state index contributed by atoms with van der Waals surface area (Å²) in [6.07, 6.45) is 0. The molecule has 0 aliphatic carbocycles. The molecule has 7 heteroatoms. The zero-order valence-electron chi connectivity index (χ0n) is 9.94. The Hall–Kier alpha value is -1.63. The van der Waals surface area contributed by atoms with Gasteiger partial charge >= 0.3 is 5.97 Å². The maximum absolute atomic E-state index is 12.1. The minimum atomic E-state index is -0.500. The molecule has 0 fully saturated rings. The molecule has 0 atom stereocenters. The van der Waals surface area contributed by atoms with Gasteiger partial charge in [0.15, 0.2) is 7.85 Å². The number of aromatic nitrogens is 2. The van der Waals surface area contributed by atoms with E-state index in [2.05, 4.69) is 25.8 Å². The predicted octanol–water partition coefficient (Wildman–Crippen LogP) is -0.410. The quantitative estimate of drug-likeness (QED) is 0.559. The number of fused-ring (bicyclic) bond motifs is 1. The standard InChI is InChI=1S/C11H10BBrN2O3/c1-18-9(16)5-15-11(17)7-3-2-6(13)4-8(7)10(12)14-15/h2-4H,5,12H2,1H3. The fourth-order valence-electron chi connectivity index (χ4n) is 1.72. The molecule has 0 radical (unpaired) electrons. The summed E-state index contributed by atoms with van der Waals surface area (Å²) in [7, 11) is 3.07. The number of nitrogens with zero attached hydrogens (tertiary/aromatic N) is 2. The van der Waals surface area contributed by atoms with E-state index in [0.29, 0.717) is 11.0 Å². The molecule has 0 aliphatic heterocycles. The molecule has 92 valence electrons. The highest BCUT2D eigenvalue weighted by atomic mass is 79.9. The third-order valence-corrected chi connectivity index (χ3v) is 3.11. The predicted molar refractivity (Wildman–Crippen MR) is 73.9 cm³/mol. The number of carbonyl (C=O) groups excluding carboxylic acids is 1. The Morgan fingerprint density at radius 2 is 2.22 bits per heavy atom. The second-order valence-electron chi connectivity index (χ2n) is 3.81. The van der Waals surface area contributed by atoms with Crippen LogP contribution in [0.15, 0.2) is 27.5 Å². The van der Waals surface area contributed by atoms with Gasteiger partial charge in [-0.1, -0.05) is 15.9 Å². The molecule has 0 amide bonds. The number of benzene rings is 1. The zero-order valence-corrected chi connectivity index (χ0v) is 11.5. The highest BCUT2D eigenvalue weighted by Crippen LogP contribution is 2.14. The van der Waals surface area contributed by atoms with Gasteiger partial charge in [0.1, 0.15) is 6.54 Å². The van der Waals surface area contributed by atoms with Gasteiger partial charge in [0, 0.05) is 20.8 Å². The van der Waals surface area contributed by atoms with Crippen LogP contribution in [0.2, 0.25) is 0 Å². The smallest absolute Gasteiger partial charge is 0.327 e. The van der Waals surface area contributed by atoms with Gasteiger partial charge < -0.3 is 4.74 Å². The molecule has 0 N–H and O–H groups in total. The average Bonchev–Trinajstić information content (AvgIpc) is 2.35. The Bertz CT molecular complexity index is 684. The summed E-state index contributed by atoms with van der Waals surface area (Å²) < 4.78 is 6.54. The van der Waals surface area contributed by atoms with Gasteiger partial charge in [-0.3, -0.25) is 9.59 Å². The summed E-state index contributed by atoms with van der Waals surface area (Å²) in [5.41, 5.74) is 0.392. The fraction of sp³-hybridized carbons (Fsp3) is 0.182. The number of ether oxygens (including phenoxy) is 1. The molecular weight excluding hydrogens is 299 g/mol. The van der Waals surface area contributed by atoms with Crippen molar-refractivity contribution >= 4 is 46.1 Å². The summed E-state index contributed by atoms with van der Waals surface area (Å²) in [5, 5.41) is 5.42. The number of esters is 1. The van der Waals surface area contributed by atoms with Crippen LogP contribution in [0, 0.1) is 0 Å². The lowest BCUT2D eigenvalue weighted by molar-refractivity contribution is -0.141. The van der Waals surface area contributed by atoms with Crippen molar-refractivity contribution in [3.63, 3.8) is 0 Å². The van der Waals surface area contributed by atoms with Crippen LogP contribution in [0.3, 0.4) is 0 Å². The van der Waals surface area contributed by atoms with Crippen LogP contribution in [-0.2, 0) is 16.1 Å². The third kappa shape index (κ3) is 2.31. The van der Waals surface area contributed by atoms with E-state index >= 15 is 0 Å². The van der Waals surface area contributed by atoms with E-state index < -0.39 is 5.97 Å². The van der Waals surface area contributed by atoms with Crippen molar-refractivity contribution in [2.24, 2.45) is 0 Å². The third-order valence-electron chi connectivity index (χ3n) is 2.61. The van der Waals surface area contributed by atoms with Gasteiger partial charge in [-0.25, -0.2) is 4.68 Å². The van der Waals surface area contributed by atoms with E-state index in [1.165, 1.54) is 7.11 Å². The minimum absolute atomic E-state index is 0.178. The highest BCUT2D eigenvalue weighted by molar-refractivity contribution is 9.10. The Balaban J connectivity index is 2.65. The van der Waals surface area contributed by atoms with Gasteiger partial charge in [-0.05, 0) is 18.2 Å². The van der Waals surface area contributed by atoms with Gasteiger partial charge in [0.05, 0.1) is 7.11 Å². The molecule has 0 saturated carbocycles. The molecule has 0 aliphatic rings. The molecule has 18 heavy (non-hydrogen) atoms. The van der Waals surface area contributed by atoms with Crippen molar-refractivity contribution in [1.29, 1.82) is 0 Å². The van der Waals surface area contributed by atoms with Crippen molar-refractivity contribution in [1.82, 2.24) is 9.78 Å². The Morgan fingerprint density at radius 3 is 2.89 bits per heavy atom. The molecule has 0 saturated heterocycles. The Kier molecular flexibility index (Phi) is 3.51. The minimum Gasteiger partial charge on any atom is -0.468 e. The van der Waals surface area contributed by atoms with E-state index in [1.807, 2.05) is 6.07 Å². The van der Waals surface area contributed by atoms with E-state index in [4.69, 9.17) is 0 Å². The molecular formula is C11H10BBrN2O3. The molecule has 0 unspecified atom stereocenters. The first-order chi connectivity index (χ1) is 8.52. The summed E-state index contributed by atoms with van der Waals surface area (Å²) >= 11 is 3.35. The van der Waals surface area contributed by atoms with Crippen LogP contribution in [0.5, 0.6) is 0 Å². The van der Waals surface area contributed by atoms with Crippen molar-refractivity contribution in [2.75, 3.05) is 7.11 Å². The Morgan fingerprint density at radius 1 is 1.50 bits per heavy atom. The van der Waals surface area contributed by atoms with Crippen LogP contribution >= 0.6 is 15.9 Å². The summed E-state index contributed by atoms with van der Waals surface area (Å²) in [5.74, 6) is -0.500. The van der Waals surface area contributed by atoms with Crippen LogP contribution in [0.25, 0.3) is 10.8 Å². The Labute approximate surface area is 112 Å². The number of rotatable bonds is 2. The molecule has 5 nitrogen and oxygen atoms in total. The van der Waals surface area contributed by atoms with Gasteiger partial charge in [-0.15, -0.1) is 0 Å². The monoisotopic (exact) mass is 308 g/mol. The van der Waals surface area contributed by atoms with E-state index in [-0.39, 0.29) is 12.1 Å². The molecule has 2 aromatic rings. The van der Waals surface area contributed by atoms with E-state index in [1.54, 1.807) is 20.0 Å². The highest BCUT2D eigenvalue weighted by Gasteiger charge is 2.11. The van der Waals surface area contributed by atoms with Crippen LogP contribution in [0.4, 0.5) is 0 Å². The summed E-state index contributed by atoms with van der Waals surface area (Å²) in [6.45, 7) is -0.178. The van der Waals surface area contributed by atoms with Gasteiger partial charge in [-0.2, -0.15) is 5.10 Å². The van der Waals surface area contributed by atoms with E-state index in [0.717, 1.165) is 14.5 Å². The summed E-state index contributed by atoms with van der Waals surface area (Å²) in [4.78, 5) is 23.3. The molecule has 1 aromatic carbocycles. The topological polar surface area (TPSA) is 61.2 Å². The first kappa shape index (κ1) is 12.8. The lowest BCUT2D eigenvalue weighted by Gasteiger charge is -2.08. The molecule has 0 spiro atoms. The van der Waals surface area contributed by atoms with Crippen molar-refractivity contribution in [2.45, 2.75) is 6.54 Å². The zero-order chi connectivity index (χ0) is 13.3. The first-order valence-corrected chi connectivity index (χ1v) is 6.06. The van der Waals surface area contributed by atoms with Gasteiger partial charge in [0.2, 0.25) is 0 Å². The maximum atomic E-state index is 12.1. The fourth-order valence-corrected chi connectivity index (χ4v) is 2.08. The normalized spacial score (nSPS) is 10.6. The second kappa shape index (κ2) is 4.93. The lowest BCUT2D eigenvalue weighted by Crippen LogP contribution is -2.33. The van der Waals surface area contributed by atoms with Crippen molar-refractivity contribution in [3.8, 4) is 0 Å². The van der Waals surface area contributed by atoms with Gasteiger partial charge in [0.25, 0.3) is 5.56 Å². The first-order valence-electron chi connectivity index (χ1n) is 5.26. The molecule has 1 heterocycles. The number of hydrogen-bond donors (Lipinski definition) is 0. The largest absolute Gasteiger partial charge is 0.468 e. The molecule has 2 rings (SSSR count). The van der Waals surface area contributed by atoms with Crippen molar-refractivity contribution < 1.29 is 9.53 Å². The van der Waals surface area contributed by atoms with Crippen LogP contribution in [-0.4, -0.2) is 30.7 Å². The second-order valence-corrected chi connectivity index (χ2v) is 4.73. The number of halogens is 1. The van der Waals surface area contributed by atoms with Crippen LogP contribution < -0.4 is 11.2 Å². The molecule has 0 bridgehead atoms. The number of methoxy groups -OCH3 is 1. The lowest BCUT2D eigenvalue weighted by atomic mass is 9.98. The molecule has 1 aromatic heterocycles. The SMILES string of the molecule is Bc1nn(CC(=O)OC)c(=O)c2ccc(Br)cc12. The average molecular weight is 309 g/mol. The van der Waals surface area contributed by atoms with E-state index in [9.17, 15) is 9.59 Å².